The van der Waals surface area contributed by atoms with Gasteiger partial charge in [-0.05, 0) is 57.3 Å². The van der Waals surface area contributed by atoms with Crippen LogP contribution in [0.15, 0.2) is 0 Å². The molecule has 4 nitrogen and oxygen atoms in total. The molecule has 5 heteroatoms. The fourth-order valence-corrected chi connectivity index (χ4v) is 3.74. The van der Waals surface area contributed by atoms with Crippen LogP contribution >= 0.6 is 12.2 Å². The number of carbonyl (C=O) groups excluding carboxylic acids is 1. The molecule has 0 unspecified atom stereocenters. The van der Waals surface area contributed by atoms with Gasteiger partial charge in [-0.2, -0.15) is 0 Å². The molecule has 2 aliphatic rings. The van der Waals surface area contributed by atoms with Crippen molar-refractivity contribution in [2.45, 2.75) is 70.4 Å². The third-order valence-electron chi connectivity index (χ3n) is 5.05. The summed E-state index contributed by atoms with van der Waals surface area (Å²) in [5.74, 6) is 1.24. The Morgan fingerprint density at radius 1 is 1.38 bits per heavy atom. The largest absolute Gasteiger partial charge is 0.391 e. The Kier molecular flexibility index (Phi) is 5.60. The van der Waals surface area contributed by atoms with Crippen LogP contribution in [0.2, 0.25) is 0 Å². The highest BCUT2D eigenvalue weighted by Crippen LogP contribution is 2.35. The number of hydrogen-bond donors (Lipinski definition) is 2. The van der Waals surface area contributed by atoms with Gasteiger partial charge < -0.3 is 15.8 Å². The fraction of sp³-hybridized carbons (Fsp3) is 0.875. The van der Waals surface area contributed by atoms with E-state index in [1.165, 1.54) is 0 Å². The van der Waals surface area contributed by atoms with E-state index in [0.29, 0.717) is 29.3 Å². The average Bonchev–Trinajstić information content (AvgIpc) is 2.39. The van der Waals surface area contributed by atoms with Gasteiger partial charge in [-0.25, -0.2) is 0 Å². The van der Waals surface area contributed by atoms with E-state index in [4.69, 9.17) is 22.7 Å². The predicted molar refractivity (Wildman–Crippen MR) is 88.0 cm³/mol. The van der Waals surface area contributed by atoms with Gasteiger partial charge in [-0.1, -0.05) is 19.1 Å². The van der Waals surface area contributed by atoms with Gasteiger partial charge in [0.15, 0.2) is 0 Å². The summed E-state index contributed by atoms with van der Waals surface area (Å²) in [6.07, 6.45) is 6.83. The smallest absolute Gasteiger partial charge is 0.221 e. The minimum Gasteiger partial charge on any atom is -0.391 e. The zero-order valence-electron chi connectivity index (χ0n) is 13.2. The van der Waals surface area contributed by atoms with E-state index in [1.54, 1.807) is 0 Å². The molecule has 2 aliphatic carbocycles. The van der Waals surface area contributed by atoms with Crippen molar-refractivity contribution in [1.29, 1.82) is 0 Å². The van der Waals surface area contributed by atoms with Crippen LogP contribution < -0.4 is 11.1 Å². The van der Waals surface area contributed by atoms with Crippen molar-refractivity contribution in [2.75, 3.05) is 6.61 Å². The minimum absolute atomic E-state index is 0.0947. The van der Waals surface area contributed by atoms with Crippen LogP contribution in [-0.4, -0.2) is 29.1 Å². The second-order valence-corrected chi connectivity index (χ2v) is 7.24. The monoisotopic (exact) mass is 312 g/mol. The van der Waals surface area contributed by atoms with Crippen LogP contribution in [0.5, 0.6) is 0 Å². The lowest BCUT2D eigenvalue weighted by molar-refractivity contribution is -0.125. The third-order valence-corrected chi connectivity index (χ3v) is 5.44. The van der Waals surface area contributed by atoms with Crippen molar-refractivity contribution in [3.63, 3.8) is 0 Å². The summed E-state index contributed by atoms with van der Waals surface area (Å²) >= 11 is 5.24. The normalized spacial score (nSPS) is 35.8. The Morgan fingerprint density at radius 3 is 2.52 bits per heavy atom. The van der Waals surface area contributed by atoms with Gasteiger partial charge in [0.2, 0.25) is 5.91 Å². The molecule has 0 saturated heterocycles. The number of carbonyl (C=O) groups is 1. The summed E-state index contributed by atoms with van der Waals surface area (Å²) in [7, 11) is 0. The molecule has 2 fully saturated rings. The Bertz CT molecular complexity index is 386. The van der Waals surface area contributed by atoms with Crippen molar-refractivity contribution >= 4 is 23.1 Å². The van der Waals surface area contributed by atoms with Gasteiger partial charge in [0.1, 0.15) is 0 Å². The number of amides is 1. The first kappa shape index (κ1) is 16.7. The molecule has 2 saturated carbocycles. The highest BCUT2D eigenvalue weighted by atomic mass is 32.1. The zero-order chi connectivity index (χ0) is 15.5. The van der Waals surface area contributed by atoms with Gasteiger partial charge in [0.05, 0.1) is 16.6 Å². The summed E-state index contributed by atoms with van der Waals surface area (Å²) < 4.78 is 5.54. The first-order valence-electron chi connectivity index (χ1n) is 8.17. The lowest BCUT2D eigenvalue weighted by atomic mass is 9.76. The van der Waals surface area contributed by atoms with E-state index < -0.39 is 5.54 Å². The zero-order valence-corrected chi connectivity index (χ0v) is 14.0. The molecule has 21 heavy (non-hydrogen) atoms. The van der Waals surface area contributed by atoms with E-state index in [2.05, 4.69) is 12.2 Å². The van der Waals surface area contributed by atoms with Crippen molar-refractivity contribution in [2.24, 2.45) is 17.6 Å². The van der Waals surface area contributed by atoms with Crippen LogP contribution in [0.3, 0.4) is 0 Å². The van der Waals surface area contributed by atoms with Crippen molar-refractivity contribution < 1.29 is 9.53 Å². The van der Waals surface area contributed by atoms with Crippen LogP contribution in [0.1, 0.15) is 58.8 Å². The summed E-state index contributed by atoms with van der Waals surface area (Å²) in [4.78, 5) is 12.8. The summed E-state index contributed by atoms with van der Waals surface area (Å²) in [5, 5.41) is 3.15. The first-order chi connectivity index (χ1) is 9.95. The molecular formula is C16H28N2O2S. The van der Waals surface area contributed by atoms with Crippen molar-refractivity contribution in [1.82, 2.24) is 5.32 Å². The summed E-state index contributed by atoms with van der Waals surface area (Å²) in [6, 6.07) is 0. The van der Waals surface area contributed by atoms with E-state index in [-0.39, 0.29) is 5.91 Å². The molecule has 0 radical (unpaired) electrons. The van der Waals surface area contributed by atoms with Crippen LogP contribution in [0.4, 0.5) is 0 Å². The fourth-order valence-electron chi connectivity index (χ4n) is 3.48. The second kappa shape index (κ2) is 7.05. The standard InChI is InChI=1S/C16H28N2O2S/c1-3-20-13-8-12(9-13)10-14(19)18-16(15(17)21)6-4-11(2)5-7-16/h11-13H,3-10H2,1-2H3,(H2,17,21)(H,18,19). The van der Waals surface area contributed by atoms with E-state index in [9.17, 15) is 4.79 Å². The highest BCUT2D eigenvalue weighted by molar-refractivity contribution is 7.80. The highest BCUT2D eigenvalue weighted by Gasteiger charge is 2.39. The Balaban J connectivity index is 1.81. The van der Waals surface area contributed by atoms with Gasteiger partial charge in [-0.3, -0.25) is 4.79 Å². The maximum absolute atomic E-state index is 12.3. The molecule has 0 aromatic rings. The molecule has 0 bridgehead atoms. The quantitative estimate of drug-likeness (QED) is 0.740. The van der Waals surface area contributed by atoms with E-state index >= 15 is 0 Å². The summed E-state index contributed by atoms with van der Waals surface area (Å²) in [6.45, 7) is 5.01. The van der Waals surface area contributed by atoms with Crippen molar-refractivity contribution in [3.05, 3.63) is 0 Å². The molecule has 0 spiro atoms. The average molecular weight is 312 g/mol. The molecule has 0 heterocycles. The molecule has 1 amide bonds. The number of nitrogens with two attached hydrogens (primary N) is 1. The number of ether oxygens (including phenoxy) is 1. The third kappa shape index (κ3) is 4.16. The minimum atomic E-state index is -0.442. The van der Waals surface area contributed by atoms with Crippen LogP contribution in [0.25, 0.3) is 0 Å². The van der Waals surface area contributed by atoms with E-state index in [0.717, 1.165) is 45.1 Å². The molecule has 0 aromatic heterocycles. The molecular weight excluding hydrogens is 284 g/mol. The van der Waals surface area contributed by atoms with Gasteiger partial charge in [-0.15, -0.1) is 0 Å². The lowest BCUT2D eigenvalue weighted by Crippen LogP contribution is -2.58. The maximum atomic E-state index is 12.3. The number of hydrogen-bond acceptors (Lipinski definition) is 3. The predicted octanol–water partition coefficient (Wildman–Crippen LogP) is 2.54. The van der Waals surface area contributed by atoms with Gasteiger partial charge in [0.25, 0.3) is 0 Å². The van der Waals surface area contributed by atoms with Crippen molar-refractivity contribution in [3.8, 4) is 0 Å². The van der Waals surface area contributed by atoms with Crippen LogP contribution in [-0.2, 0) is 9.53 Å². The SMILES string of the molecule is CCOC1CC(CC(=O)NC2(C(N)=S)CCC(C)CC2)C1. The maximum Gasteiger partial charge on any atom is 0.221 e. The lowest BCUT2D eigenvalue weighted by Gasteiger charge is -2.40. The molecule has 0 aliphatic heterocycles. The summed E-state index contributed by atoms with van der Waals surface area (Å²) in [5.41, 5.74) is 5.49. The van der Waals surface area contributed by atoms with Gasteiger partial charge >= 0.3 is 0 Å². The van der Waals surface area contributed by atoms with Gasteiger partial charge in [0, 0.05) is 13.0 Å². The molecule has 3 N–H and O–H groups in total. The topological polar surface area (TPSA) is 64.3 Å². The molecule has 0 aromatic carbocycles. The Hall–Kier alpha value is -0.680. The van der Waals surface area contributed by atoms with Crippen LogP contribution in [0, 0.1) is 11.8 Å². The number of rotatable bonds is 6. The number of nitrogens with one attached hydrogen (secondary N) is 1. The second-order valence-electron chi connectivity index (χ2n) is 6.80. The Labute approximate surface area is 133 Å². The van der Waals surface area contributed by atoms with E-state index in [1.807, 2.05) is 6.92 Å². The molecule has 120 valence electrons. The first-order valence-corrected chi connectivity index (χ1v) is 8.58. The molecule has 2 rings (SSSR count). The number of thiocarbonyl (C=S) groups is 1. The molecule has 0 atom stereocenters. The Morgan fingerprint density at radius 2 is 2.00 bits per heavy atom.